The molecule has 4 aromatic rings. The Morgan fingerprint density at radius 2 is 1.70 bits per heavy atom. The van der Waals surface area contributed by atoms with Crippen LogP contribution in [-0.2, 0) is 12.3 Å². The topological polar surface area (TPSA) is 107 Å². The molecule has 0 bridgehead atoms. The Kier molecular flexibility index (Phi) is 5.89. The van der Waals surface area contributed by atoms with Gasteiger partial charge < -0.3 is 15.6 Å². The minimum Gasteiger partial charge on any atom is -0.368 e. The molecule has 2 heterocycles. The smallest absolute Gasteiger partial charge is 0.232 e. The van der Waals surface area contributed by atoms with Crippen molar-refractivity contribution >= 4 is 29.3 Å². The van der Waals surface area contributed by atoms with Gasteiger partial charge in [0.2, 0.25) is 11.9 Å². The van der Waals surface area contributed by atoms with Crippen LogP contribution in [0.2, 0.25) is 0 Å². The number of hydrogen-bond acceptors (Lipinski definition) is 8. The van der Waals surface area contributed by atoms with Crippen molar-refractivity contribution in [3.63, 3.8) is 0 Å². The lowest BCUT2D eigenvalue weighted by Crippen LogP contribution is -2.07. The second-order valence-corrected chi connectivity index (χ2v) is 7.76. The Hall–Kier alpha value is -3.46. The van der Waals surface area contributed by atoms with Gasteiger partial charge in [-0.2, -0.15) is 15.0 Å². The first kappa shape index (κ1) is 19.8. The monoisotopic (exact) mass is 418 g/mol. The van der Waals surface area contributed by atoms with Gasteiger partial charge in [-0.3, -0.25) is 0 Å². The lowest BCUT2D eigenvalue weighted by Gasteiger charge is -2.09. The van der Waals surface area contributed by atoms with Crippen molar-refractivity contribution in [3.8, 4) is 0 Å². The molecule has 30 heavy (non-hydrogen) atoms. The first-order valence-corrected chi connectivity index (χ1v) is 10.5. The van der Waals surface area contributed by atoms with Crippen molar-refractivity contribution in [2.24, 2.45) is 0 Å². The van der Waals surface area contributed by atoms with Crippen molar-refractivity contribution in [2.45, 2.75) is 31.3 Å². The number of nitrogens with two attached hydrogens (primary N) is 1. The summed E-state index contributed by atoms with van der Waals surface area (Å²) in [7, 11) is 0. The Bertz CT molecular complexity index is 1130. The van der Waals surface area contributed by atoms with Gasteiger partial charge in [0.05, 0.1) is 12.3 Å². The van der Waals surface area contributed by atoms with Crippen LogP contribution in [0.4, 0.5) is 17.6 Å². The van der Waals surface area contributed by atoms with Crippen LogP contribution >= 0.6 is 11.8 Å². The van der Waals surface area contributed by atoms with Crippen LogP contribution in [0.5, 0.6) is 0 Å². The molecule has 0 fully saturated rings. The van der Waals surface area contributed by atoms with Gasteiger partial charge in [-0.05, 0) is 31.5 Å². The minimum absolute atomic E-state index is 0.178. The molecule has 8 nitrogen and oxygen atoms in total. The molecule has 0 amide bonds. The molecular weight excluding hydrogens is 396 g/mol. The summed E-state index contributed by atoms with van der Waals surface area (Å²) in [6, 6.07) is 18.2. The van der Waals surface area contributed by atoms with E-state index in [9.17, 15) is 0 Å². The molecule has 0 radical (unpaired) electrons. The number of benzene rings is 2. The fourth-order valence-corrected chi connectivity index (χ4v) is 3.71. The van der Waals surface area contributed by atoms with E-state index in [0.717, 1.165) is 16.7 Å². The van der Waals surface area contributed by atoms with Crippen molar-refractivity contribution in [1.82, 2.24) is 29.7 Å². The molecule has 0 aliphatic carbocycles. The van der Waals surface area contributed by atoms with Gasteiger partial charge in [0, 0.05) is 5.69 Å². The summed E-state index contributed by atoms with van der Waals surface area (Å²) >= 11 is 1.52. The van der Waals surface area contributed by atoms with Crippen molar-refractivity contribution < 1.29 is 0 Å². The highest BCUT2D eigenvalue weighted by molar-refractivity contribution is 7.98. The Balaban J connectivity index is 1.48. The third kappa shape index (κ3) is 4.93. The molecule has 2 aromatic heterocycles. The predicted molar refractivity (Wildman–Crippen MR) is 119 cm³/mol. The molecule has 9 heteroatoms. The van der Waals surface area contributed by atoms with Crippen molar-refractivity contribution in [1.29, 1.82) is 0 Å². The number of aryl methyl sites for hydroxylation is 2. The Labute approximate surface area is 179 Å². The summed E-state index contributed by atoms with van der Waals surface area (Å²) in [6.07, 6.45) is 0. The molecule has 2 aromatic carbocycles. The van der Waals surface area contributed by atoms with E-state index in [-0.39, 0.29) is 5.95 Å². The van der Waals surface area contributed by atoms with E-state index in [4.69, 9.17) is 5.73 Å². The normalized spacial score (nSPS) is 10.9. The number of hydrogen-bond donors (Lipinski definition) is 2. The molecule has 152 valence electrons. The third-order valence-electron chi connectivity index (χ3n) is 4.42. The Morgan fingerprint density at radius 1 is 0.933 bits per heavy atom. The van der Waals surface area contributed by atoms with Crippen LogP contribution in [-0.4, -0.2) is 29.7 Å². The maximum Gasteiger partial charge on any atom is 0.232 e. The number of nitrogens with one attached hydrogen (secondary N) is 1. The van der Waals surface area contributed by atoms with E-state index in [2.05, 4.69) is 47.2 Å². The fraction of sp³-hybridized carbons (Fsp3) is 0.190. The van der Waals surface area contributed by atoms with Gasteiger partial charge in [-0.25, -0.2) is 0 Å². The van der Waals surface area contributed by atoms with Gasteiger partial charge >= 0.3 is 0 Å². The molecule has 0 spiro atoms. The van der Waals surface area contributed by atoms with Crippen LogP contribution in [0.25, 0.3) is 0 Å². The highest BCUT2D eigenvalue weighted by atomic mass is 32.2. The lowest BCUT2D eigenvalue weighted by atomic mass is 10.2. The van der Waals surface area contributed by atoms with Crippen LogP contribution in [0.3, 0.4) is 0 Å². The summed E-state index contributed by atoms with van der Waals surface area (Å²) in [5.74, 6) is 2.54. The van der Waals surface area contributed by atoms with Gasteiger partial charge in [0.15, 0.2) is 5.16 Å². The van der Waals surface area contributed by atoms with Crippen LogP contribution < -0.4 is 11.1 Å². The zero-order valence-corrected chi connectivity index (χ0v) is 17.6. The van der Waals surface area contributed by atoms with Crippen molar-refractivity contribution in [2.75, 3.05) is 11.1 Å². The molecule has 0 saturated heterocycles. The zero-order chi connectivity index (χ0) is 20.9. The van der Waals surface area contributed by atoms with Crippen LogP contribution in [0.1, 0.15) is 22.8 Å². The molecule has 0 atom stereocenters. The summed E-state index contributed by atoms with van der Waals surface area (Å²) in [5.41, 5.74) is 9.16. The number of nitrogen functional groups attached to an aromatic ring is 1. The molecule has 0 saturated carbocycles. The van der Waals surface area contributed by atoms with Gasteiger partial charge in [0.1, 0.15) is 11.6 Å². The maximum absolute atomic E-state index is 5.90. The van der Waals surface area contributed by atoms with Crippen molar-refractivity contribution in [3.05, 3.63) is 77.4 Å². The summed E-state index contributed by atoms with van der Waals surface area (Å²) in [6.45, 7) is 4.70. The average molecular weight is 419 g/mol. The van der Waals surface area contributed by atoms with E-state index in [0.29, 0.717) is 24.1 Å². The van der Waals surface area contributed by atoms with Crippen LogP contribution in [0, 0.1) is 13.8 Å². The Morgan fingerprint density at radius 3 is 2.47 bits per heavy atom. The summed E-state index contributed by atoms with van der Waals surface area (Å²) in [5, 5.41) is 12.5. The third-order valence-corrected chi connectivity index (χ3v) is 5.39. The zero-order valence-electron chi connectivity index (χ0n) is 16.8. The van der Waals surface area contributed by atoms with E-state index in [1.807, 2.05) is 56.3 Å². The highest BCUT2D eigenvalue weighted by Crippen LogP contribution is 2.23. The molecule has 0 aliphatic heterocycles. The van der Waals surface area contributed by atoms with E-state index < -0.39 is 0 Å². The largest absolute Gasteiger partial charge is 0.368 e. The number of nitrogens with zero attached hydrogens (tertiary/aromatic N) is 6. The number of aromatic nitrogens is 6. The SMILES string of the molecule is Cc1ccc(Nc2nc(N)nc(CSc3nnc(C)n3Cc3ccccc3)n2)cc1. The standard InChI is InChI=1S/C21H22N8S/c1-14-8-10-17(11-9-14)23-20-25-18(24-19(22)26-20)13-30-21-28-27-15(2)29(21)12-16-6-4-3-5-7-16/h3-11H,12-13H2,1-2H3,(H3,22,23,24,25,26). The molecule has 0 aliphatic rings. The quantitative estimate of drug-likeness (QED) is 0.437. The van der Waals surface area contributed by atoms with E-state index in [1.165, 1.54) is 22.9 Å². The molecule has 0 unspecified atom stereocenters. The van der Waals surface area contributed by atoms with Gasteiger partial charge in [-0.15, -0.1) is 10.2 Å². The second kappa shape index (κ2) is 8.91. The highest BCUT2D eigenvalue weighted by Gasteiger charge is 2.12. The van der Waals surface area contributed by atoms with Gasteiger partial charge in [-0.1, -0.05) is 59.8 Å². The number of rotatable bonds is 7. The molecule has 3 N–H and O–H groups in total. The summed E-state index contributed by atoms with van der Waals surface area (Å²) in [4.78, 5) is 12.9. The summed E-state index contributed by atoms with van der Waals surface area (Å²) < 4.78 is 2.08. The van der Waals surface area contributed by atoms with Gasteiger partial charge in [0.25, 0.3) is 0 Å². The van der Waals surface area contributed by atoms with E-state index in [1.54, 1.807) is 0 Å². The minimum atomic E-state index is 0.178. The average Bonchev–Trinajstić information content (AvgIpc) is 3.08. The number of anilines is 3. The second-order valence-electron chi connectivity index (χ2n) is 6.81. The number of thioether (sulfide) groups is 1. The first-order valence-electron chi connectivity index (χ1n) is 9.47. The predicted octanol–water partition coefficient (Wildman–Crippen LogP) is 3.75. The first-order chi connectivity index (χ1) is 14.6. The van der Waals surface area contributed by atoms with E-state index >= 15 is 0 Å². The molecular formula is C21H22N8S. The fourth-order valence-electron chi connectivity index (χ4n) is 2.87. The maximum atomic E-state index is 5.90. The molecule has 4 rings (SSSR count). The van der Waals surface area contributed by atoms with Crippen LogP contribution in [0.15, 0.2) is 59.8 Å². The lowest BCUT2D eigenvalue weighted by molar-refractivity contribution is 0.688.